The number of carbonyl (C=O) groups excluding carboxylic acids is 1. The maximum Gasteiger partial charge on any atom is 0.227 e. The highest BCUT2D eigenvalue weighted by Crippen LogP contribution is 2.24. The molecule has 1 aromatic carbocycles. The molecule has 0 bridgehead atoms. The second-order valence-electron chi connectivity index (χ2n) is 4.94. The molecule has 1 amide bonds. The third-order valence-corrected chi connectivity index (χ3v) is 3.79. The van der Waals surface area contributed by atoms with Crippen molar-refractivity contribution < 1.29 is 4.79 Å². The maximum atomic E-state index is 12.2. The molecule has 1 aliphatic rings. The van der Waals surface area contributed by atoms with E-state index < -0.39 is 0 Å². The molecule has 1 atom stereocenters. The van der Waals surface area contributed by atoms with E-state index in [4.69, 9.17) is 0 Å². The van der Waals surface area contributed by atoms with E-state index in [1.165, 1.54) is 0 Å². The summed E-state index contributed by atoms with van der Waals surface area (Å²) in [6.45, 7) is 3.89. The summed E-state index contributed by atoms with van der Waals surface area (Å²) < 4.78 is 0. The first-order valence-corrected chi connectivity index (χ1v) is 6.33. The van der Waals surface area contributed by atoms with Crippen molar-refractivity contribution in [3.63, 3.8) is 0 Å². The standard InChI is InChI=1S/C14H17N3O/c1-9(10-7-15-8-10)14(18)17-13-4-2-3-12-11(13)5-6-16-12/h2-6,9-10,15-16H,7-8H2,1H3,(H,17,18). The second-order valence-corrected chi connectivity index (χ2v) is 4.94. The number of anilines is 1. The number of benzene rings is 1. The van der Waals surface area contributed by atoms with E-state index >= 15 is 0 Å². The lowest BCUT2D eigenvalue weighted by Gasteiger charge is -2.31. The maximum absolute atomic E-state index is 12.2. The van der Waals surface area contributed by atoms with E-state index in [2.05, 4.69) is 15.6 Å². The van der Waals surface area contributed by atoms with Crippen LogP contribution in [0.4, 0.5) is 5.69 Å². The molecule has 94 valence electrons. The van der Waals surface area contributed by atoms with Gasteiger partial charge in [0.1, 0.15) is 0 Å². The van der Waals surface area contributed by atoms with E-state index in [1.54, 1.807) is 0 Å². The van der Waals surface area contributed by atoms with Crippen LogP contribution >= 0.6 is 0 Å². The first-order valence-electron chi connectivity index (χ1n) is 6.33. The molecular weight excluding hydrogens is 226 g/mol. The van der Waals surface area contributed by atoms with Crippen LogP contribution in [0.15, 0.2) is 30.5 Å². The van der Waals surface area contributed by atoms with Crippen molar-refractivity contribution in [2.24, 2.45) is 11.8 Å². The van der Waals surface area contributed by atoms with Crippen molar-refractivity contribution in [3.05, 3.63) is 30.5 Å². The van der Waals surface area contributed by atoms with E-state index in [1.807, 2.05) is 37.4 Å². The molecule has 2 heterocycles. The zero-order chi connectivity index (χ0) is 12.5. The van der Waals surface area contributed by atoms with Crippen molar-refractivity contribution in [2.75, 3.05) is 18.4 Å². The average Bonchev–Trinajstić information content (AvgIpc) is 2.75. The van der Waals surface area contributed by atoms with Crippen LogP contribution in [0.2, 0.25) is 0 Å². The van der Waals surface area contributed by atoms with Gasteiger partial charge in [0.15, 0.2) is 0 Å². The lowest BCUT2D eigenvalue weighted by Crippen LogP contribution is -2.48. The van der Waals surface area contributed by atoms with E-state index in [9.17, 15) is 4.79 Å². The second kappa shape index (κ2) is 4.46. The van der Waals surface area contributed by atoms with Gasteiger partial charge >= 0.3 is 0 Å². The molecule has 1 aliphatic heterocycles. The van der Waals surface area contributed by atoms with Crippen LogP contribution in [0.3, 0.4) is 0 Å². The van der Waals surface area contributed by atoms with Crippen LogP contribution in [0, 0.1) is 11.8 Å². The van der Waals surface area contributed by atoms with Crippen LogP contribution in [-0.2, 0) is 4.79 Å². The molecule has 1 fully saturated rings. The molecule has 2 aromatic rings. The van der Waals surface area contributed by atoms with E-state index in [-0.39, 0.29) is 11.8 Å². The highest BCUT2D eigenvalue weighted by atomic mass is 16.1. The molecule has 1 saturated heterocycles. The fourth-order valence-electron chi connectivity index (χ4n) is 2.32. The van der Waals surface area contributed by atoms with Gasteiger partial charge < -0.3 is 15.6 Å². The van der Waals surface area contributed by atoms with Crippen LogP contribution in [0.25, 0.3) is 10.9 Å². The predicted octanol–water partition coefficient (Wildman–Crippen LogP) is 1.96. The summed E-state index contributed by atoms with van der Waals surface area (Å²) in [4.78, 5) is 15.3. The minimum atomic E-state index is 0.0560. The fourth-order valence-corrected chi connectivity index (χ4v) is 2.32. The highest BCUT2D eigenvalue weighted by Gasteiger charge is 2.28. The number of rotatable bonds is 3. The molecule has 18 heavy (non-hydrogen) atoms. The Labute approximate surface area is 106 Å². The third kappa shape index (κ3) is 1.88. The number of aromatic nitrogens is 1. The van der Waals surface area contributed by atoms with Gasteiger partial charge in [0.25, 0.3) is 0 Å². The molecule has 0 aliphatic carbocycles. The summed E-state index contributed by atoms with van der Waals surface area (Å²) >= 11 is 0. The molecule has 4 nitrogen and oxygen atoms in total. The molecule has 3 rings (SSSR count). The highest BCUT2D eigenvalue weighted by molar-refractivity contribution is 6.02. The molecule has 4 heteroatoms. The summed E-state index contributed by atoms with van der Waals surface area (Å²) in [5, 5.41) is 7.29. The first-order chi connectivity index (χ1) is 8.75. The normalized spacial score (nSPS) is 17.4. The summed E-state index contributed by atoms with van der Waals surface area (Å²) in [5.41, 5.74) is 1.93. The van der Waals surface area contributed by atoms with Crippen molar-refractivity contribution in [2.45, 2.75) is 6.92 Å². The predicted molar refractivity (Wildman–Crippen MR) is 72.5 cm³/mol. The van der Waals surface area contributed by atoms with Gasteiger partial charge in [-0.25, -0.2) is 0 Å². The number of fused-ring (bicyclic) bond motifs is 1. The Morgan fingerprint density at radius 1 is 1.39 bits per heavy atom. The lowest BCUT2D eigenvalue weighted by atomic mass is 9.88. The van der Waals surface area contributed by atoms with E-state index in [0.29, 0.717) is 5.92 Å². The summed E-state index contributed by atoms with van der Waals surface area (Å²) in [7, 11) is 0. The van der Waals surface area contributed by atoms with Crippen LogP contribution in [0.1, 0.15) is 6.92 Å². The van der Waals surface area contributed by atoms with Gasteiger partial charge in [-0.15, -0.1) is 0 Å². The number of carbonyl (C=O) groups is 1. The van der Waals surface area contributed by atoms with Gasteiger partial charge in [-0.3, -0.25) is 4.79 Å². The van der Waals surface area contributed by atoms with Crippen LogP contribution in [-0.4, -0.2) is 24.0 Å². The number of H-pyrrole nitrogens is 1. The van der Waals surface area contributed by atoms with Crippen LogP contribution < -0.4 is 10.6 Å². The van der Waals surface area contributed by atoms with Gasteiger partial charge in [-0.2, -0.15) is 0 Å². The lowest BCUT2D eigenvalue weighted by molar-refractivity contribution is -0.121. The molecule has 3 N–H and O–H groups in total. The van der Waals surface area contributed by atoms with Gasteiger partial charge in [-0.1, -0.05) is 13.0 Å². The number of amides is 1. The summed E-state index contributed by atoms with van der Waals surface area (Å²) in [6.07, 6.45) is 1.89. The topological polar surface area (TPSA) is 56.9 Å². The zero-order valence-electron chi connectivity index (χ0n) is 10.4. The smallest absolute Gasteiger partial charge is 0.227 e. The Morgan fingerprint density at radius 2 is 2.22 bits per heavy atom. The monoisotopic (exact) mass is 243 g/mol. The fraction of sp³-hybridized carbons (Fsp3) is 0.357. The SMILES string of the molecule is CC(C(=O)Nc1cccc2[nH]ccc12)C1CNC1. The van der Waals surface area contributed by atoms with E-state index in [0.717, 1.165) is 29.7 Å². The largest absolute Gasteiger partial charge is 0.361 e. The molecule has 1 aromatic heterocycles. The van der Waals surface area contributed by atoms with Gasteiger partial charge in [0.05, 0.1) is 5.69 Å². The Morgan fingerprint density at radius 3 is 2.94 bits per heavy atom. The third-order valence-electron chi connectivity index (χ3n) is 3.79. The summed E-state index contributed by atoms with van der Waals surface area (Å²) in [6, 6.07) is 7.88. The Hall–Kier alpha value is -1.81. The summed E-state index contributed by atoms with van der Waals surface area (Å²) in [5.74, 6) is 0.631. The van der Waals surface area contributed by atoms with Gasteiger partial charge in [-0.05, 0) is 37.2 Å². The number of nitrogens with one attached hydrogen (secondary N) is 3. The molecule has 0 radical (unpaired) electrons. The average molecular weight is 243 g/mol. The Kier molecular flexibility index (Phi) is 2.80. The van der Waals surface area contributed by atoms with Crippen molar-refractivity contribution in [1.82, 2.24) is 10.3 Å². The number of hydrogen-bond donors (Lipinski definition) is 3. The molecule has 0 spiro atoms. The molecule has 1 unspecified atom stereocenters. The zero-order valence-corrected chi connectivity index (χ0v) is 10.4. The number of hydrogen-bond acceptors (Lipinski definition) is 2. The van der Waals surface area contributed by atoms with Gasteiger partial charge in [0, 0.05) is 23.0 Å². The van der Waals surface area contributed by atoms with Crippen molar-refractivity contribution in [1.29, 1.82) is 0 Å². The van der Waals surface area contributed by atoms with Gasteiger partial charge in [0.2, 0.25) is 5.91 Å². The molecular formula is C14H17N3O. The van der Waals surface area contributed by atoms with Crippen molar-refractivity contribution >= 4 is 22.5 Å². The molecule has 0 saturated carbocycles. The minimum absolute atomic E-state index is 0.0560. The van der Waals surface area contributed by atoms with Crippen molar-refractivity contribution in [3.8, 4) is 0 Å². The minimum Gasteiger partial charge on any atom is -0.361 e. The quantitative estimate of drug-likeness (QED) is 0.772. The Balaban J connectivity index is 1.79. The Bertz CT molecular complexity index is 571. The first kappa shape index (κ1) is 11.3. The number of aromatic amines is 1. The van der Waals surface area contributed by atoms with Crippen LogP contribution in [0.5, 0.6) is 0 Å².